The van der Waals surface area contributed by atoms with E-state index >= 15 is 0 Å². The summed E-state index contributed by atoms with van der Waals surface area (Å²) in [4.78, 5) is 3.42. The van der Waals surface area contributed by atoms with E-state index in [1.807, 2.05) is 6.92 Å². The molecule has 0 saturated heterocycles. The number of rotatable bonds is 9. The van der Waals surface area contributed by atoms with Crippen LogP contribution in [0.2, 0.25) is 0 Å². The molecule has 0 spiro atoms. The summed E-state index contributed by atoms with van der Waals surface area (Å²) < 4.78 is 38.2. The topological polar surface area (TPSA) is 47.7 Å². The fourth-order valence-electron chi connectivity index (χ4n) is 3.69. The van der Waals surface area contributed by atoms with Gasteiger partial charge in [-0.2, -0.15) is 0 Å². The Morgan fingerprint density at radius 1 is 1.32 bits per heavy atom. The van der Waals surface area contributed by atoms with Gasteiger partial charge in [-0.25, -0.2) is 8.78 Å². The Labute approximate surface area is 170 Å². The lowest BCUT2D eigenvalue weighted by Gasteiger charge is -2.29. The van der Waals surface area contributed by atoms with E-state index in [4.69, 9.17) is 14.7 Å². The Balaban J connectivity index is 1.60. The van der Waals surface area contributed by atoms with Crippen LogP contribution in [0.15, 0.2) is 46.6 Å². The Bertz CT molecular complexity index is 739. The summed E-state index contributed by atoms with van der Waals surface area (Å²) in [6.45, 7) is 4.13. The summed E-state index contributed by atoms with van der Waals surface area (Å²) >= 11 is 1.35. The van der Waals surface area contributed by atoms with E-state index in [-0.39, 0.29) is 30.9 Å². The predicted molar refractivity (Wildman–Crippen MR) is 108 cm³/mol. The molecular weight excluding hydrogens is 382 g/mol. The SMILES string of the molecule is COSc1ccc2c(c1)CN([C@@H](COCC1=CC(F)CC=C1F)C[C@@H](C)N)C2. The van der Waals surface area contributed by atoms with Crippen molar-refractivity contribution in [2.75, 3.05) is 20.3 Å². The standard InChI is InChI=1S/C21H28F2N2O2S/c1-14(24)7-19(13-27-12-17-8-18(22)4-6-21(17)23)25-10-15-3-5-20(28-26-2)9-16(15)11-25/h3,5-6,8-9,14,18-19H,4,7,10-13,24H2,1-2H3/t14-,18?,19-/m1/s1. The van der Waals surface area contributed by atoms with Crippen molar-refractivity contribution in [3.8, 4) is 0 Å². The third-order valence-electron chi connectivity index (χ3n) is 5.04. The second-order valence-corrected chi connectivity index (χ2v) is 8.43. The van der Waals surface area contributed by atoms with E-state index in [0.29, 0.717) is 12.2 Å². The van der Waals surface area contributed by atoms with Crippen molar-refractivity contribution in [1.29, 1.82) is 0 Å². The number of allylic oxidation sites excluding steroid dienone is 2. The summed E-state index contributed by atoms with van der Waals surface area (Å²) in [5.74, 6) is -0.380. The zero-order chi connectivity index (χ0) is 20.1. The van der Waals surface area contributed by atoms with Crippen LogP contribution in [0.1, 0.15) is 30.9 Å². The predicted octanol–water partition coefficient (Wildman–Crippen LogP) is 4.30. The summed E-state index contributed by atoms with van der Waals surface area (Å²) in [7, 11) is 1.66. The molecular formula is C21H28F2N2O2S. The number of ether oxygens (including phenoxy) is 1. The van der Waals surface area contributed by atoms with E-state index < -0.39 is 6.17 Å². The number of benzene rings is 1. The molecule has 0 bridgehead atoms. The molecule has 0 amide bonds. The van der Waals surface area contributed by atoms with Crippen LogP contribution in [0.4, 0.5) is 8.78 Å². The van der Waals surface area contributed by atoms with E-state index in [1.165, 1.54) is 35.3 Å². The first-order valence-corrected chi connectivity index (χ1v) is 10.3. The molecule has 1 aliphatic carbocycles. The zero-order valence-electron chi connectivity index (χ0n) is 16.4. The normalized spacial score (nSPS) is 21.8. The lowest BCUT2D eigenvalue weighted by Crippen LogP contribution is -2.39. The number of hydrogen-bond donors (Lipinski definition) is 1. The van der Waals surface area contributed by atoms with Crippen LogP contribution in [0.3, 0.4) is 0 Å². The molecule has 2 N–H and O–H groups in total. The minimum atomic E-state index is -1.13. The highest BCUT2D eigenvalue weighted by molar-refractivity contribution is 7.94. The molecule has 1 aliphatic heterocycles. The van der Waals surface area contributed by atoms with Gasteiger partial charge in [0.2, 0.25) is 0 Å². The molecule has 154 valence electrons. The van der Waals surface area contributed by atoms with Crippen molar-refractivity contribution in [1.82, 2.24) is 4.90 Å². The number of fused-ring (bicyclic) bond motifs is 1. The van der Waals surface area contributed by atoms with Gasteiger partial charge in [-0.05, 0) is 48.8 Å². The van der Waals surface area contributed by atoms with Crippen LogP contribution in [0.5, 0.6) is 0 Å². The van der Waals surface area contributed by atoms with Crippen molar-refractivity contribution >= 4 is 12.0 Å². The highest BCUT2D eigenvalue weighted by atomic mass is 32.2. The van der Waals surface area contributed by atoms with Crippen molar-refractivity contribution in [2.45, 2.75) is 56.0 Å². The second-order valence-electron chi connectivity index (χ2n) is 7.46. The first kappa shape index (κ1) is 21.5. The largest absolute Gasteiger partial charge is 0.375 e. The third-order valence-corrected chi connectivity index (χ3v) is 5.66. The summed E-state index contributed by atoms with van der Waals surface area (Å²) in [5.41, 5.74) is 8.92. The molecule has 3 atom stereocenters. The van der Waals surface area contributed by atoms with Crippen LogP contribution >= 0.6 is 12.0 Å². The van der Waals surface area contributed by atoms with Gasteiger partial charge in [0.15, 0.2) is 0 Å². The van der Waals surface area contributed by atoms with Gasteiger partial charge in [0, 0.05) is 54.1 Å². The Kier molecular flexibility index (Phi) is 7.65. The lowest BCUT2D eigenvalue weighted by atomic mass is 10.1. The smallest absolute Gasteiger partial charge is 0.124 e. The van der Waals surface area contributed by atoms with Gasteiger partial charge in [0.05, 0.1) is 20.3 Å². The summed E-state index contributed by atoms with van der Waals surface area (Å²) in [5, 5.41) is 0. The van der Waals surface area contributed by atoms with Crippen molar-refractivity contribution < 1.29 is 17.7 Å². The van der Waals surface area contributed by atoms with Crippen molar-refractivity contribution in [3.63, 3.8) is 0 Å². The molecule has 1 unspecified atom stereocenters. The molecule has 1 heterocycles. The highest BCUT2D eigenvalue weighted by Crippen LogP contribution is 2.30. The average Bonchev–Trinajstić information content (AvgIpc) is 3.07. The maximum Gasteiger partial charge on any atom is 0.124 e. The molecule has 2 aliphatic rings. The van der Waals surface area contributed by atoms with Crippen molar-refractivity contribution in [3.05, 3.63) is 52.9 Å². The van der Waals surface area contributed by atoms with Crippen LogP contribution < -0.4 is 5.73 Å². The van der Waals surface area contributed by atoms with Gasteiger partial charge in [0.25, 0.3) is 0 Å². The molecule has 7 heteroatoms. The molecule has 28 heavy (non-hydrogen) atoms. The molecule has 4 nitrogen and oxygen atoms in total. The van der Waals surface area contributed by atoms with Gasteiger partial charge in [-0.3, -0.25) is 4.90 Å². The molecule has 1 aromatic rings. The highest BCUT2D eigenvalue weighted by Gasteiger charge is 2.27. The Morgan fingerprint density at radius 2 is 2.11 bits per heavy atom. The number of alkyl halides is 1. The molecule has 0 fully saturated rings. The molecule has 0 aromatic heterocycles. The van der Waals surface area contributed by atoms with Gasteiger partial charge in [0.1, 0.15) is 12.0 Å². The molecule has 3 rings (SSSR count). The van der Waals surface area contributed by atoms with Crippen LogP contribution in [-0.4, -0.2) is 43.5 Å². The van der Waals surface area contributed by atoms with Gasteiger partial charge in [-0.15, -0.1) is 0 Å². The lowest BCUT2D eigenvalue weighted by molar-refractivity contribution is 0.0610. The second kappa shape index (κ2) is 9.98. The number of hydrogen-bond acceptors (Lipinski definition) is 5. The fourth-order valence-corrected chi connectivity index (χ4v) is 4.20. The number of nitrogens with two attached hydrogens (primary N) is 1. The molecule has 0 radical (unpaired) electrons. The third kappa shape index (κ3) is 5.64. The summed E-state index contributed by atoms with van der Waals surface area (Å²) in [6, 6.07) is 6.49. The Morgan fingerprint density at radius 3 is 2.86 bits per heavy atom. The molecule has 1 aromatic carbocycles. The van der Waals surface area contributed by atoms with E-state index in [1.54, 1.807) is 7.11 Å². The number of nitrogens with zero attached hydrogens (tertiary/aromatic N) is 1. The van der Waals surface area contributed by atoms with Crippen molar-refractivity contribution in [2.24, 2.45) is 5.73 Å². The minimum Gasteiger partial charge on any atom is -0.375 e. The van der Waals surface area contributed by atoms with Crippen LogP contribution in [0, 0.1) is 0 Å². The van der Waals surface area contributed by atoms with Gasteiger partial charge in [-0.1, -0.05) is 6.07 Å². The maximum absolute atomic E-state index is 13.8. The zero-order valence-corrected chi connectivity index (χ0v) is 17.2. The maximum atomic E-state index is 13.8. The monoisotopic (exact) mass is 410 g/mol. The van der Waals surface area contributed by atoms with E-state index in [0.717, 1.165) is 24.4 Å². The van der Waals surface area contributed by atoms with Crippen LogP contribution in [0.25, 0.3) is 0 Å². The Hall–Kier alpha value is -1.25. The summed E-state index contributed by atoms with van der Waals surface area (Å²) in [6.07, 6.45) is 2.34. The number of halogens is 2. The average molecular weight is 411 g/mol. The quantitative estimate of drug-likeness (QED) is 0.615. The first-order valence-electron chi connectivity index (χ1n) is 9.57. The van der Waals surface area contributed by atoms with E-state index in [9.17, 15) is 8.78 Å². The minimum absolute atomic E-state index is 0.0256. The fraction of sp³-hybridized carbons (Fsp3) is 0.524. The van der Waals surface area contributed by atoms with Gasteiger partial charge < -0.3 is 14.7 Å². The first-order chi connectivity index (χ1) is 13.5. The van der Waals surface area contributed by atoms with E-state index in [2.05, 4.69) is 23.1 Å². The van der Waals surface area contributed by atoms with Gasteiger partial charge >= 0.3 is 0 Å². The van der Waals surface area contributed by atoms with Crippen LogP contribution in [-0.2, 0) is 22.0 Å². The molecule has 0 saturated carbocycles.